The number of hydrogen-bond acceptors (Lipinski definition) is 5. The molecule has 0 aromatic carbocycles. The first-order valence-corrected chi connectivity index (χ1v) is 10.6. The van der Waals surface area contributed by atoms with E-state index in [1.165, 1.54) is 38.5 Å². The van der Waals surface area contributed by atoms with Crippen molar-refractivity contribution in [3.05, 3.63) is 0 Å². The molecule has 5 heteroatoms. The second-order valence-electron chi connectivity index (χ2n) is 7.01. The number of rotatable bonds is 18. The van der Waals surface area contributed by atoms with Gasteiger partial charge in [-0.15, -0.1) is 0 Å². The Bertz CT molecular complexity index is 343. The van der Waals surface area contributed by atoms with Gasteiger partial charge in [0.25, 0.3) is 0 Å². The highest BCUT2D eigenvalue weighted by molar-refractivity contribution is 5.70. The summed E-state index contributed by atoms with van der Waals surface area (Å²) in [6.45, 7) is 3.96. The van der Waals surface area contributed by atoms with Gasteiger partial charge in [-0.25, -0.2) is 0 Å². The molecule has 1 atom stereocenters. The third-order valence-corrected chi connectivity index (χ3v) is 4.40. The quantitative estimate of drug-likeness (QED) is 0.273. The molecule has 0 saturated heterocycles. The monoisotopic (exact) mass is 372 g/mol. The number of ether oxygens (including phenoxy) is 2. The van der Waals surface area contributed by atoms with E-state index >= 15 is 0 Å². The molecule has 0 spiro atoms. The maximum Gasteiger partial charge on any atom is 0.306 e. The molecule has 0 rings (SSSR count). The van der Waals surface area contributed by atoms with Crippen LogP contribution in [0.25, 0.3) is 0 Å². The molecule has 26 heavy (non-hydrogen) atoms. The van der Waals surface area contributed by atoms with E-state index in [0.29, 0.717) is 12.8 Å². The fourth-order valence-electron chi connectivity index (χ4n) is 2.73. The van der Waals surface area contributed by atoms with Gasteiger partial charge >= 0.3 is 11.9 Å². The molecule has 0 fully saturated rings. The molecule has 0 aromatic heterocycles. The van der Waals surface area contributed by atoms with Crippen molar-refractivity contribution >= 4 is 11.9 Å². The second kappa shape index (κ2) is 18.7. The first-order valence-electron chi connectivity index (χ1n) is 10.6. The minimum absolute atomic E-state index is 0.0621. The number of hydrogen-bond donors (Lipinski definition) is 1. The fourth-order valence-corrected chi connectivity index (χ4v) is 2.73. The Hall–Kier alpha value is -1.10. The second-order valence-corrected chi connectivity index (χ2v) is 7.01. The molecule has 0 amide bonds. The topological polar surface area (TPSA) is 72.8 Å². The van der Waals surface area contributed by atoms with E-state index in [4.69, 9.17) is 9.47 Å². The van der Waals surface area contributed by atoms with Crippen molar-refractivity contribution < 1.29 is 24.2 Å². The van der Waals surface area contributed by atoms with Gasteiger partial charge in [-0.3, -0.25) is 9.59 Å². The molecule has 154 valence electrons. The lowest BCUT2D eigenvalue weighted by Crippen LogP contribution is -2.28. The summed E-state index contributed by atoms with van der Waals surface area (Å²) in [6.07, 6.45) is 13.3. The Morgan fingerprint density at radius 1 is 0.731 bits per heavy atom. The molecule has 1 N–H and O–H groups in total. The maximum atomic E-state index is 11.8. The number of esters is 2. The molecular formula is C21H40O5. The van der Waals surface area contributed by atoms with Crippen molar-refractivity contribution in [3.8, 4) is 0 Å². The third kappa shape index (κ3) is 16.4. The van der Waals surface area contributed by atoms with Crippen LogP contribution in [0.15, 0.2) is 0 Å². The van der Waals surface area contributed by atoms with Crippen LogP contribution in [0.5, 0.6) is 0 Å². The molecule has 0 radical (unpaired) electrons. The smallest absolute Gasteiger partial charge is 0.306 e. The van der Waals surface area contributed by atoms with Crippen molar-refractivity contribution in [2.24, 2.45) is 0 Å². The van der Waals surface area contributed by atoms with Gasteiger partial charge in [0, 0.05) is 12.8 Å². The van der Waals surface area contributed by atoms with Crippen molar-refractivity contribution in [2.45, 2.75) is 110 Å². The summed E-state index contributed by atoms with van der Waals surface area (Å²) >= 11 is 0. The van der Waals surface area contributed by atoms with Crippen molar-refractivity contribution in [2.75, 3.05) is 13.2 Å². The molecule has 0 bridgehead atoms. The Morgan fingerprint density at radius 3 is 1.69 bits per heavy atom. The van der Waals surface area contributed by atoms with Crippen molar-refractivity contribution in [1.29, 1.82) is 0 Å². The third-order valence-electron chi connectivity index (χ3n) is 4.40. The van der Waals surface area contributed by atoms with E-state index in [1.54, 1.807) is 0 Å². The molecule has 0 unspecified atom stereocenters. The van der Waals surface area contributed by atoms with Gasteiger partial charge in [0.05, 0.1) is 6.61 Å². The summed E-state index contributed by atoms with van der Waals surface area (Å²) < 4.78 is 10.3. The van der Waals surface area contributed by atoms with Crippen LogP contribution >= 0.6 is 0 Å². The van der Waals surface area contributed by atoms with Gasteiger partial charge in [-0.05, 0) is 12.8 Å². The lowest BCUT2D eigenvalue weighted by Gasteiger charge is -2.15. The Labute approximate surface area is 159 Å². The summed E-state index contributed by atoms with van der Waals surface area (Å²) in [5.41, 5.74) is 0. The highest BCUT2D eigenvalue weighted by Gasteiger charge is 2.15. The fraction of sp³-hybridized carbons (Fsp3) is 0.905. The largest absolute Gasteiger partial charge is 0.462 e. The van der Waals surface area contributed by atoms with Crippen LogP contribution in [0, 0.1) is 0 Å². The number of unbranched alkanes of at least 4 members (excludes halogenated alkanes) is 10. The number of carbonyl (C=O) groups excluding carboxylic acids is 2. The Balaban J connectivity index is 3.70. The van der Waals surface area contributed by atoms with Crippen molar-refractivity contribution in [1.82, 2.24) is 0 Å². The predicted octanol–water partition coefficient (Wildman–Crippen LogP) is 4.93. The average molecular weight is 373 g/mol. The van der Waals surface area contributed by atoms with E-state index in [2.05, 4.69) is 13.8 Å². The zero-order valence-electron chi connectivity index (χ0n) is 17.0. The standard InChI is InChI=1S/C21H40O5/c1-3-5-7-9-11-13-15-20(23)25-18-19(17-22)26-21(24)16-14-12-10-8-6-4-2/h19,22H,3-18H2,1-2H3/t19-/m0/s1. The average Bonchev–Trinajstić information content (AvgIpc) is 2.64. The molecular weight excluding hydrogens is 332 g/mol. The number of aliphatic hydroxyl groups excluding tert-OH is 1. The van der Waals surface area contributed by atoms with E-state index in [1.807, 2.05) is 0 Å². The van der Waals surface area contributed by atoms with Gasteiger partial charge in [0.2, 0.25) is 0 Å². The first-order chi connectivity index (χ1) is 12.6. The molecule has 0 aliphatic rings. The van der Waals surface area contributed by atoms with E-state index in [9.17, 15) is 14.7 Å². The van der Waals surface area contributed by atoms with Gasteiger partial charge in [0.15, 0.2) is 6.10 Å². The predicted molar refractivity (Wildman–Crippen MR) is 104 cm³/mol. The minimum Gasteiger partial charge on any atom is -0.462 e. The van der Waals surface area contributed by atoms with E-state index in [-0.39, 0.29) is 25.2 Å². The SMILES string of the molecule is CCCCCCCCC(=O)OC[C@H](CO)OC(=O)CCCCCCCC. The summed E-state index contributed by atoms with van der Waals surface area (Å²) in [7, 11) is 0. The van der Waals surface area contributed by atoms with Crippen LogP contribution in [0.3, 0.4) is 0 Å². The number of carbonyl (C=O) groups is 2. The van der Waals surface area contributed by atoms with E-state index in [0.717, 1.165) is 38.5 Å². The Kier molecular flexibility index (Phi) is 17.9. The van der Waals surface area contributed by atoms with E-state index < -0.39 is 6.10 Å². The van der Waals surface area contributed by atoms with Crippen LogP contribution in [0.1, 0.15) is 104 Å². The maximum absolute atomic E-state index is 11.8. The summed E-state index contributed by atoms with van der Waals surface area (Å²) in [4.78, 5) is 23.5. The summed E-state index contributed by atoms with van der Waals surface area (Å²) in [5, 5.41) is 9.28. The normalized spacial score (nSPS) is 12.0. The molecule has 0 aliphatic carbocycles. The van der Waals surface area contributed by atoms with Crippen LogP contribution in [0.2, 0.25) is 0 Å². The number of aliphatic hydroxyl groups is 1. The van der Waals surface area contributed by atoms with Crippen LogP contribution in [0.4, 0.5) is 0 Å². The molecule has 0 aliphatic heterocycles. The molecule has 5 nitrogen and oxygen atoms in total. The first kappa shape index (κ1) is 24.9. The van der Waals surface area contributed by atoms with Gasteiger partial charge in [0.1, 0.15) is 6.61 Å². The highest BCUT2D eigenvalue weighted by atomic mass is 16.6. The molecule has 0 heterocycles. The van der Waals surface area contributed by atoms with Gasteiger partial charge in [-0.2, -0.15) is 0 Å². The lowest BCUT2D eigenvalue weighted by molar-refractivity contribution is -0.161. The molecule has 0 aromatic rings. The zero-order chi connectivity index (χ0) is 19.5. The van der Waals surface area contributed by atoms with Crippen LogP contribution in [-0.4, -0.2) is 36.4 Å². The minimum atomic E-state index is -0.754. The lowest BCUT2D eigenvalue weighted by atomic mass is 10.1. The van der Waals surface area contributed by atoms with Gasteiger partial charge in [-0.1, -0.05) is 78.1 Å². The van der Waals surface area contributed by atoms with Crippen LogP contribution < -0.4 is 0 Å². The highest BCUT2D eigenvalue weighted by Crippen LogP contribution is 2.09. The summed E-state index contributed by atoms with van der Waals surface area (Å²) in [6, 6.07) is 0. The summed E-state index contributed by atoms with van der Waals surface area (Å²) in [5.74, 6) is -0.613. The molecule has 0 saturated carbocycles. The van der Waals surface area contributed by atoms with Crippen LogP contribution in [-0.2, 0) is 19.1 Å². The zero-order valence-corrected chi connectivity index (χ0v) is 17.0. The van der Waals surface area contributed by atoms with Crippen molar-refractivity contribution in [3.63, 3.8) is 0 Å². The Morgan fingerprint density at radius 2 is 1.19 bits per heavy atom. The van der Waals surface area contributed by atoms with Gasteiger partial charge < -0.3 is 14.6 Å².